The molecule has 0 aromatic heterocycles. The number of benzene rings is 1. The fourth-order valence-electron chi connectivity index (χ4n) is 2.77. The molecule has 0 radical (unpaired) electrons. The van der Waals surface area contributed by atoms with Gasteiger partial charge in [0.25, 0.3) is 0 Å². The molecule has 1 saturated heterocycles. The molecule has 0 saturated carbocycles. The molecule has 0 aliphatic carbocycles. The SMILES string of the molecule is CC(=O)c1ccc(OCCCC(=O)N2CCCC(C)C2)cc1. The number of ether oxygens (including phenoxy) is 1. The number of carbonyl (C=O) groups is 2. The van der Waals surface area contributed by atoms with Crippen LogP contribution in [-0.4, -0.2) is 36.3 Å². The summed E-state index contributed by atoms with van der Waals surface area (Å²) in [6, 6.07) is 7.12. The number of carbonyl (C=O) groups excluding carboxylic acids is 2. The molecule has 1 heterocycles. The lowest BCUT2D eigenvalue weighted by atomic mass is 10.00. The van der Waals surface area contributed by atoms with Crippen molar-refractivity contribution in [3.05, 3.63) is 29.8 Å². The largest absolute Gasteiger partial charge is 0.494 e. The first-order valence-corrected chi connectivity index (χ1v) is 8.08. The number of hydrogen-bond acceptors (Lipinski definition) is 3. The van der Waals surface area contributed by atoms with Crippen molar-refractivity contribution in [1.82, 2.24) is 4.90 Å². The minimum absolute atomic E-state index is 0.0490. The summed E-state index contributed by atoms with van der Waals surface area (Å²) >= 11 is 0. The van der Waals surface area contributed by atoms with E-state index < -0.39 is 0 Å². The standard InChI is InChI=1S/C18H25NO3/c1-14-5-3-11-19(13-14)18(21)6-4-12-22-17-9-7-16(8-10-17)15(2)20/h7-10,14H,3-6,11-13H2,1-2H3. The van der Waals surface area contributed by atoms with Crippen LogP contribution in [0.15, 0.2) is 24.3 Å². The normalized spacial score (nSPS) is 18.1. The summed E-state index contributed by atoms with van der Waals surface area (Å²) in [6.07, 6.45) is 3.60. The predicted octanol–water partition coefficient (Wildman–Crippen LogP) is 3.31. The molecule has 0 N–H and O–H groups in total. The lowest BCUT2D eigenvalue weighted by Crippen LogP contribution is -2.39. The van der Waals surface area contributed by atoms with Crippen LogP contribution in [0.5, 0.6) is 5.75 Å². The fourth-order valence-corrected chi connectivity index (χ4v) is 2.77. The van der Waals surface area contributed by atoms with Crippen LogP contribution in [0.3, 0.4) is 0 Å². The fraction of sp³-hybridized carbons (Fsp3) is 0.556. The van der Waals surface area contributed by atoms with Gasteiger partial charge in [0.2, 0.25) is 5.91 Å². The molecular weight excluding hydrogens is 278 g/mol. The van der Waals surface area contributed by atoms with Gasteiger partial charge in [-0.25, -0.2) is 0 Å². The van der Waals surface area contributed by atoms with E-state index >= 15 is 0 Å². The van der Waals surface area contributed by atoms with Gasteiger partial charge in [-0.3, -0.25) is 9.59 Å². The number of rotatable bonds is 6. The van der Waals surface area contributed by atoms with E-state index in [1.54, 1.807) is 31.2 Å². The third kappa shape index (κ3) is 4.86. The summed E-state index contributed by atoms with van der Waals surface area (Å²) in [6.45, 7) is 6.06. The molecule has 1 aromatic rings. The van der Waals surface area contributed by atoms with Crippen LogP contribution >= 0.6 is 0 Å². The molecule has 1 unspecified atom stereocenters. The number of piperidine rings is 1. The van der Waals surface area contributed by atoms with Crippen LogP contribution < -0.4 is 4.74 Å². The maximum atomic E-state index is 12.1. The van der Waals surface area contributed by atoms with Crippen LogP contribution in [0.25, 0.3) is 0 Å². The molecule has 1 aromatic carbocycles. The topological polar surface area (TPSA) is 46.6 Å². The highest BCUT2D eigenvalue weighted by molar-refractivity contribution is 5.94. The highest BCUT2D eigenvalue weighted by Crippen LogP contribution is 2.17. The molecule has 22 heavy (non-hydrogen) atoms. The molecule has 1 fully saturated rings. The zero-order valence-corrected chi connectivity index (χ0v) is 13.5. The Morgan fingerprint density at radius 1 is 1.27 bits per heavy atom. The lowest BCUT2D eigenvalue weighted by molar-refractivity contribution is -0.133. The summed E-state index contributed by atoms with van der Waals surface area (Å²) in [4.78, 5) is 25.3. The van der Waals surface area contributed by atoms with Gasteiger partial charge < -0.3 is 9.64 Å². The summed E-state index contributed by atoms with van der Waals surface area (Å²) < 4.78 is 5.62. The van der Waals surface area contributed by atoms with Gasteiger partial charge in [-0.2, -0.15) is 0 Å². The summed E-state index contributed by atoms with van der Waals surface area (Å²) in [5.41, 5.74) is 0.682. The highest BCUT2D eigenvalue weighted by atomic mass is 16.5. The van der Waals surface area contributed by atoms with Gasteiger partial charge in [-0.15, -0.1) is 0 Å². The third-order valence-electron chi connectivity index (χ3n) is 4.07. The number of nitrogens with zero attached hydrogens (tertiary/aromatic N) is 1. The molecular formula is C18H25NO3. The minimum atomic E-state index is 0.0490. The average molecular weight is 303 g/mol. The molecule has 0 spiro atoms. The zero-order chi connectivity index (χ0) is 15.9. The molecule has 120 valence electrons. The second-order valence-electron chi connectivity index (χ2n) is 6.12. The second-order valence-corrected chi connectivity index (χ2v) is 6.12. The Balaban J connectivity index is 1.68. The molecule has 1 amide bonds. The Morgan fingerprint density at radius 2 is 2.00 bits per heavy atom. The molecule has 1 atom stereocenters. The Labute approximate surface area is 132 Å². The predicted molar refractivity (Wildman–Crippen MR) is 86.2 cm³/mol. The summed E-state index contributed by atoms with van der Waals surface area (Å²) in [5.74, 6) is 1.65. The van der Waals surface area contributed by atoms with Gasteiger partial charge in [0.1, 0.15) is 5.75 Å². The van der Waals surface area contributed by atoms with Crippen LogP contribution in [0.4, 0.5) is 0 Å². The van der Waals surface area contributed by atoms with Crippen molar-refractivity contribution in [2.24, 2.45) is 5.92 Å². The van der Waals surface area contributed by atoms with E-state index in [0.29, 0.717) is 24.5 Å². The van der Waals surface area contributed by atoms with E-state index in [9.17, 15) is 9.59 Å². The summed E-state index contributed by atoms with van der Waals surface area (Å²) in [5, 5.41) is 0. The number of hydrogen-bond donors (Lipinski definition) is 0. The lowest BCUT2D eigenvalue weighted by Gasteiger charge is -2.31. The van der Waals surface area contributed by atoms with E-state index in [2.05, 4.69) is 6.92 Å². The van der Waals surface area contributed by atoms with Crippen molar-refractivity contribution in [2.45, 2.75) is 39.5 Å². The first-order valence-electron chi connectivity index (χ1n) is 8.08. The van der Waals surface area contributed by atoms with Crippen molar-refractivity contribution >= 4 is 11.7 Å². The quantitative estimate of drug-likeness (QED) is 0.598. The molecule has 4 heteroatoms. The summed E-state index contributed by atoms with van der Waals surface area (Å²) in [7, 11) is 0. The monoisotopic (exact) mass is 303 g/mol. The Hall–Kier alpha value is -1.84. The third-order valence-corrected chi connectivity index (χ3v) is 4.07. The first kappa shape index (κ1) is 16.5. The first-order chi connectivity index (χ1) is 10.6. The second kappa shape index (κ2) is 7.97. The number of amides is 1. The highest BCUT2D eigenvalue weighted by Gasteiger charge is 2.20. The van der Waals surface area contributed by atoms with Gasteiger partial charge in [-0.1, -0.05) is 6.92 Å². The van der Waals surface area contributed by atoms with Gasteiger partial charge in [0.05, 0.1) is 6.61 Å². The van der Waals surface area contributed by atoms with Gasteiger partial charge in [-0.05, 0) is 56.4 Å². The maximum absolute atomic E-state index is 12.1. The molecule has 0 bridgehead atoms. The van der Waals surface area contributed by atoms with E-state index in [0.717, 1.165) is 31.7 Å². The molecule has 4 nitrogen and oxygen atoms in total. The van der Waals surface area contributed by atoms with Crippen LogP contribution in [-0.2, 0) is 4.79 Å². The molecule has 2 rings (SSSR count). The van der Waals surface area contributed by atoms with Crippen LogP contribution in [0.2, 0.25) is 0 Å². The van der Waals surface area contributed by atoms with Crippen molar-refractivity contribution in [2.75, 3.05) is 19.7 Å². The number of Topliss-reactive ketones (excluding diaryl/α,β-unsaturated/α-hetero) is 1. The van der Waals surface area contributed by atoms with Crippen LogP contribution in [0, 0.1) is 5.92 Å². The van der Waals surface area contributed by atoms with Crippen molar-refractivity contribution in [3.63, 3.8) is 0 Å². The molecule has 1 aliphatic rings. The van der Waals surface area contributed by atoms with E-state index in [4.69, 9.17) is 4.74 Å². The van der Waals surface area contributed by atoms with Crippen molar-refractivity contribution in [1.29, 1.82) is 0 Å². The van der Waals surface area contributed by atoms with Gasteiger partial charge in [0.15, 0.2) is 5.78 Å². The zero-order valence-electron chi connectivity index (χ0n) is 13.5. The average Bonchev–Trinajstić information content (AvgIpc) is 2.51. The Bertz CT molecular complexity index is 510. The van der Waals surface area contributed by atoms with E-state index in [-0.39, 0.29) is 11.7 Å². The van der Waals surface area contributed by atoms with Crippen molar-refractivity contribution in [3.8, 4) is 5.75 Å². The number of ketones is 1. The number of likely N-dealkylation sites (tertiary alicyclic amines) is 1. The van der Waals surface area contributed by atoms with E-state index in [1.165, 1.54) is 6.42 Å². The minimum Gasteiger partial charge on any atom is -0.494 e. The Kier molecular flexibility index (Phi) is 5.99. The van der Waals surface area contributed by atoms with E-state index in [1.807, 2.05) is 4.90 Å². The van der Waals surface area contributed by atoms with Crippen molar-refractivity contribution < 1.29 is 14.3 Å². The molecule has 1 aliphatic heterocycles. The van der Waals surface area contributed by atoms with Gasteiger partial charge >= 0.3 is 0 Å². The Morgan fingerprint density at radius 3 is 2.64 bits per heavy atom. The maximum Gasteiger partial charge on any atom is 0.222 e. The van der Waals surface area contributed by atoms with Crippen LogP contribution in [0.1, 0.15) is 49.9 Å². The van der Waals surface area contributed by atoms with Gasteiger partial charge in [0, 0.05) is 25.1 Å². The smallest absolute Gasteiger partial charge is 0.222 e.